The van der Waals surface area contributed by atoms with Gasteiger partial charge in [-0.15, -0.1) is 0 Å². The summed E-state index contributed by atoms with van der Waals surface area (Å²) in [7, 11) is 1.35. The number of nitrogens with zero attached hydrogens (tertiary/aromatic N) is 1. The number of ether oxygens (including phenoxy) is 1. The van der Waals surface area contributed by atoms with Gasteiger partial charge in [0.05, 0.1) is 22.7 Å². The number of hydrogen-bond donors (Lipinski definition) is 0. The largest absolute Gasteiger partial charge is 0.465 e. The van der Waals surface area contributed by atoms with Gasteiger partial charge < -0.3 is 9.30 Å². The monoisotopic (exact) mass is 381 g/mol. The second kappa shape index (κ2) is 8.54. The molecule has 6 heteroatoms. The number of esters is 1. The van der Waals surface area contributed by atoms with Gasteiger partial charge in [-0.05, 0) is 36.6 Å². The number of carbonyl (C=O) groups is 1. The summed E-state index contributed by atoms with van der Waals surface area (Å²) in [5.74, 6) is -0.411. The summed E-state index contributed by atoms with van der Waals surface area (Å²) in [6.45, 7) is 4.63. The van der Waals surface area contributed by atoms with Crippen molar-refractivity contribution in [3.8, 4) is 0 Å². The van der Waals surface area contributed by atoms with Crippen molar-refractivity contribution in [2.45, 2.75) is 39.7 Å². The molecule has 1 aromatic carbocycles. The minimum Gasteiger partial charge on any atom is -0.465 e. The van der Waals surface area contributed by atoms with E-state index in [2.05, 4.69) is 0 Å². The fourth-order valence-corrected chi connectivity index (χ4v) is 3.27. The average molecular weight is 382 g/mol. The Hall–Kier alpha value is -1.78. The number of aromatic nitrogens is 1. The van der Waals surface area contributed by atoms with Crippen LogP contribution in [0.3, 0.4) is 0 Å². The van der Waals surface area contributed by atoms with E-state index in [1.54, 1.807) is 22.8 Å². The molecule has 0 N–H and O–H groups in total. The topological polar surface area (TPSA) is 48.3 Å². The number of benzene rings is 1. The fourth-order valence-electron chi connectivity index (χ4n) is 2.95. The van der Waals surface area contributed by atoms with Gasteiger partial charge in [0, 0.05) is 24.2 Å². The molecule has 0 radical (unpaired) electrons. The van der Waals surface area contributed by atoms with Gasteiger partial charge in [0.2, 0.25) is 0 Å². The lowest BCUT2D eigenvalue weighted by Gasteiger charge is -2.12. The number of hydrogen-bond acceptors (Lipinski definition) is 3. The molecule has 2 heterocycles. The summed E-state index contributed by atoms with van der Waals surface area (Å²) >= 11 is 11.9. The van der Waals surface area contributed by atoms with Crippen LogP contribution in [0, 0.1) is 0 Å². The number of halogens is 2. The van der Waals surface area contributed by atoms with Crippen molar-refractivity contribution in [1.29, 1.82) is 0 Å². The van der Waals surface area contributed by atoms with Crippen LogP contribution in [-0.2, 0) is 24.1 Å². The van der Waals surface area contributed by atoms with E-state index in [1.807, 2.05) is 19.9 Å². The first kappa shape index (κ1) is 19.5. The summed E-state index contributed by atoms with van der Waals surface area (Å²) in [4.78, 5) is 24.6. The molecule has 1 aliphatic rings. The van der Waals surface area contributed by atoms with Gasteiger partial charge in [0.1, 0.15) is 0 Å². The minimum absolute atomic E-state index is 0.0591. The molecule has 0 amide bonds. The number of fused-ring (bicyclic) bond motifs is 1. The van der Waals surface area contributed by atoms with Crippen LogP contribution in [0.4, 0.5) is 0 Å². The Morgan fingerprint density at radius 3 is 2.56 bits per heavy atom. The molecule has 4 nitrogen and oxygen atoms in total. The first-order valence-corrected chi connectivity index (χ1v) is 9.04. The summed E-state index contributed by atoms with van der Waals surface area (Å²) < 4.78 is 6.53. The quantitative estimate of drug-likeness (QED) is 0.735. The highest BCUT2D eigenvalue weighted by Gasteiger charge is 2.23. The minimum atomic E-state index is -0.411. The zero-order valence-corrected chi connectivity index (χ0v) is 16.1. The van der Waals surface area contributed by atoms with Gasteiger partial charge in [0.15, 0.2) is 0 Å². The third-order valence-corrected chi connectivity index (χ3v) is 4.79. The van der Waals surface area contributed by atoms with E-state index in [-0.39, 0.29) is 5.56 Å². The third kappa shape index (κ3) is 4.07. The Bertz CT molecular complexity index is 843. The van der Waals surface area contributed by atoms with Crippen molar-refractivity contribution in [3.05, 3.63) is 67.0 Å². The molecule has 0 bridgehead atoms. The first-order chi connectivity index (χ1) is 12.0. The van der Waals surface area contributed by atoms with Crippen molar-refractivity contribution < 1.29 is 9.53 Å². The van der Waals surface area contributed by atoms with Crippen LogP contribution in [0.1, 0.15) is 47.4 Å². The summed E-state index contributed by atoms with van der Waals surface area (Å²) in [6, 6.07) is 6.90. The molecular weight excluding hydrogens is 361 g/mol. The second-order valence-electron chi connectivity index (χ2n) is 5.51. The van der Waals surface area contributed by atoms with E-state index < -0.39 is 5.97 Å². The van der Waals surface area contributed by atoms with Gasteiger partial charge >= 0.3 is 5.97 Å². The van der Waals surface area contributed by atoms with Crippen LogP contribution in [-0.4, -0.2) is 17.6 Å². The van der Waals surface area contributed by atoms with Crippen LogP contribution in [0.15, 0.2) is 29.1 Å². The van der Waals surface area contributed by atoms with E-state index in [9.17, 15) is 9.59 Å². The van der Waals surface area contributed by atoms with Crippen LogP contribution in [0.25, 0.3) is 0 Å². The average Bonchev–Trinajstić information content (AvgIpc) is 3.12. The lowest BCUT2D eigenvalue weighted by atomic mass is 10.0. The molecule has 1 aliphatic heterocycles. The molecule has 2 aromatic rings. The highest BCUT2D eigenvalue weighted by molar-refractivity contribution is 6.42. The van der Waals surface area contributed by atoms with Crippen LogP contribution in [0.5, 0.6) is 0 Å². The van der Waals surface area contributed by atoms with E-state index >= 15 is 0 Å². The van der Waals surface area contributed by atoms with Gasteiger partial charge in [-0.2, -0.15) is 0 Å². The molecule has 134 valence electrons. The van der Waals surface area contributed by atoms with Gasteiger partial charge in [-0.3, -0.25) is 4.79 Å². The molecular formula is C19H21Cl2NO3. The second-order valence-corrected chi connectivity index (χ2v) is 6.32. The zero-order valence-electron chi connectivity index (χ0n) is 14.6. The number of pyridine rings is 1. The van der Waals surface area contributed by atoms with Crippen LogP contribution in [0.2, 0.25) is 10.0 Å². The van der Waals surface area contributed by atoms with E-state index in [0.717, 1.165) is 17.7 Å². The maximum absolute atomic E-state index is 12.6. The molecule has 0 spiro atoms. The van der Waals surface area contributed by atoms with Crippen LogP contribution < -0.4 is 5.56 Å². The van der Waals surface area contributed by atoms with Crippen LogP contribution >= 0.6 is 23.2 Å². The number of carbonyl (C=O) groups excluding carboxylic acids is 1. The third-order valence-electron chi connectivity index (χ3n) is 4.05. The molecule has 25 heavy (non-hydrogen) atoms. The van der Waals surface area contributed by atoms with Crippen molar-refractivity contribution in [2.24, 2.45) is 0 Å². The SMILES string of the molecule is CC.COC(=O)c1cc(Cc2ccc(Cl)c(Cl)c2)c(=O)n2c1CCC2. The smallest absolute Gasteiger partial charge is 0.339 e. The van der Waals surface area contributed by atoms with Crippen molar-refractivity contribution in [3.63, 3.8) is 0 Å². The molecule has 3 rings (SSSR count). The van der Waals surface area contributed by atoms with E-state index in [0.29, 0.717) is 40.6 Å². The molecule has 1 aromatic heterocycles. The van der Waals surface area contributed by atoms with Crippen molar-refractivity contribution >= 4 is 29.2 Å². The standard InChI is InChI=1S/C17H15Cl2NO3.C2H6/c1-23-17(22)12-9-11(16(21)20-6-2-3-15(12)20)7-10-4-5-13(18)14(19)8-10;1-2/h4-5,8-9H,2-3,6-7H2,1H3;1-2H3. The maximum Gasteiger partial charge on any atom is 0.339 e. The van der Waals surface area contributed by atoms with E-state index in [1.165, 1.54) is 7.11 Å². The molecule has 0 atom stereocenters. The van der Waals surface area contributed by atoms with Gasteiger partial charge in [0.25, 0.3) is 5.56 Å². The number of rotatable bonds is 3. The van der Waals surface area contributed by atoms with Crippen molar-refractivity contribution in [2.75, 3.05) is 7.11 Å². The van der Waals surface area contributed by atoms with E-state index in [4.69, 9.17) is 27.9 Å². The Morgan fingerprint density at radius 1 is 1.20 bits per heavy atom. The highest BCUT2D eigenvalue weighted by Crippen LogP contribution is 2.24. The Morgan fingerprint density at radius 2 is 1.92 bits per heavy atom. The highest BCUT2D eigenvalue weighted by atomic mass is 35.5. The Kier molecular flexibility index (Phi) is 6.68. The molecule has 0 saturated carbocycles. The Labute approximate surface area is 157 Å². The molecule has 0 saturated heterocycles. The molecule has 0 fully saturated rings. The predicted octanol–water partition coefficient (Wildman–Crippen LogP) is 4.50. The molecule has 0 aliphatic carbocycles. The Balaban J connectivity index is 0.00000109. The lowest BCUT2D eigenvalue weighted by Crippen LogP contribution is -2.26. The summed E-state index contributed by atoms with van der Waals surface area (Å²) in [5, 5.41) is 0.912. The fraction of sp³-hybridized carbons (Fsp3) is 0.368. The number of methoxy groups -OCH3 is 1. The van der Waals surface area contributed by atoms with Gasteiger partial charge in [-0.25, -0.2) is 4.79 Å². The molecule has 0 unspecified atom stereocenters. The van der Waals surface area contributed by atoms with Gasteiger partial charge in [-0.1, -0.05) is 43.1 Å². The summed E-state index contributed by atoms with van der Waals surface area (Å²) in [6.07, 6.45) is 1.96. The van der Waals surface area contributed by atoms with Crippen molar-refractivity contribution in [1.82, 2.24) is 4.57 Å². The predicted molar refractivity (Wildman–Crippen MR) is 101 cm³/mol. The summed E-state index contributed by atoms with van der Waals surface area (Å²) in [5.41, 5.74) is 2.59. The first-order valence-electron chi connectivity index (χ1n) is 8.29. The lowest BCUT2D eigenvalue weighted by molar-refractivity contribution is 0.0598. The maximum atomic E-state index is 12.6. The zero-order chi connectivity index (χ0) is 18.6. The normalized spacial score (nSPS) is 12.2.